The fourth-order valence-electron chi connectivity index (χ4n) is 3.52. The minimum absolute atomic E-state index is 0.144. The number of hydrogen-bond acceptors (Lipinski definition) is 7. The van der Waals surface area contributed by atoms with Crippen molar-refractivity contribution in [3.05, 3.63) is 35.5 Å². The zero-order valence-electron chi connectivity index (χ0n) is 13.6. The van der Waals surface area contributed by atoms with E-state index in [9.17, 15) is 5.11 Å². The Labute approximate surface area is 140 Å². The second-order valence-electron chi connectivity index (χ2n) is 6.46. The normalized spacial score (nSPS) is 25.3. The second kappa shape index (κ2) is 6.41. The standard InChI is InChI=1S/C17H21N3O4/c1-10-19-17(24-20-10)12-5-13(14(21)6-12)8-18-7-11-3-2-4-15-16(11)23-9-22-15/h2-4,12-14,18,21H,5-9H2,1H3/t12-,13+,14+/m0/s1. The molecule has 0 bridgehead atoms. The van der Waals surface area contributed by atoms with Crippen LogP contribution in [0.1, 0.15) is 36.0 Å². The number of nitrogens with zero attached hydrogens (tertiary/aromatic N) is 2. The van der Waals surface area contributed by atoms with Crippen molar-refractivity contribution in [1.29, 1.82) is 0 Å². The van der Waals surface area contributed by atoms with Gasteiger partial charge >= 0.3 is 0 Å². The molecular weight excluding hydrogens is 310 g/mol. The minimum atomic E-state index is -0.351. The molecule has 7 heteroatoms. The predicted octanol–water partition coefficient (Wildman–Crippen LogP) is 1.75. The first-order valence-corrected chi connectivity index (χ1v) is 8.27. The molecule has 2 N–H and O–H groups in total. The van der Waals surface area contributed by atoms with Crippen LogP contribution in [0.15, 0.2) is 22.7 Å². The number of aliphatic hydroxyl groups is 1. The van der Waals surface area contributed by atoms with Crippen LogP contribution < -0.4 is 14.8 Å². The SMILES string of the molecule is Cc1noc([C@H]2C[C@H](CNCc3cccc4c3OCO4)[C@H](O)C2)n1. The number of hydrogen-bond donors (Lipinski definition) is 2. The summed E-state index contributed by atoms with van der Waals surface area (Å²) in [6.07, 6.45) is 1.17. The van der Waals surface area contributed by atoms with Gasteiger partial charge in [-0.05, 0) is 31.7 Å². The molecule has 1 aliphatic carbocycles. The van der Waals surface area contributed by atoms with Gasteiger partial charge in [0, 0.05) is 24.6 Å². The molecular formula is C17H21N3O4. The zero-order chi connectivity index (χ0) is 16.5. The van der Waals surface area contributed by atoms with E-state index in [0.717, 1.165) is 30.0 Å². The van der Waals surface area contributed by atoms with Crippen LogP contribution in [-0.4, -0.2) is 34.7 Å². The van der Waals surface area contributed by atoms with Crippen molar-refractivity contribution >= 4 is 0 Å². The molecule has 0 amide bonds. The van der Waals surface area contributed by atoms with Gasteiger partial charge in [-0.15, -0.1) is 0 Å². The maximum Gasteiger partial charge on any atom is 0.231 e. The fraction of sp³-hybridized carbons (Fsp3) is 0.529. The smallest absolute Gasteiger partial charge is 0.231 e. The average Bonchev–Trinajstić information content (AvgIpc) is 3.28. The van der Waals surface area contributed by atoms with Gasteiger partial charge in [0.05, 0.1) is 6.10 Å². The maximum atomic E-state index is 10.3. The van der Waals surface area contributed by atoms with E-state index < -0.39 is 0 Å². The van der Waals surface area contributed by atoms with Crippen molar-refractivity contribution in [1.82, 2.24) is 15.5 Å². The van der Waals surface area contributed by atoms with Crippen molar-refractivity contribution < 1.29 is 19.1 Å². The fourth-order valence-corrected chi connectivity index (χ4v) is 3.52. The first kappa shape index (κ1) is 15.4. The molecule has 128 valence electrons. The quantitative estimate of drug-likeness (QED) is 0.862. The molecule has 2 aliphatic rings. The number of aromatic nitrogens is 2. The van der Waals surface area contributed by atoms with Gasteiger partial charge in [0.25, 0.3) is 0 Å². The summed E-state index contributed by atoms with van der Waals surface area (Å²) >= 11 is 0. The number of ether oxygens (including phenoxy) is 2. The van der Waals surface area contributed by atoms with Crippen LogP contribution >= 0.6 is 0 Å². The van der Waals surface area contributed by atoms with Crippen LogP contribution in [0.4, 0.5) is 0 Å². The minimum Gasteiger partial charge on any atom is -0.454 e. The van der Waals surface area contributed by atoms with E-state index in [1.165, 1.54) is 0 Å². The number of aryl methyl sites for hydroxylation is 1. The lowest BCUT2D eigenvalue weighted by molar-refractivity contribution is 0.130. The summed E-state index contributed by atoms with van der Waals surface area (Å²) in [4.78, 5) is 4.29. The number of para-hydroxylation sites is 1. The Morgan fingerprint density at radius 3 is 3.04 bits per heavy atom. The van der Waals surface area contributed by atoms with Crippen LogP contribution in [0.2, 0.25) is 0 Å². The molecule has 2 aromatic rings. The van der Waals surface area contributed by atoms with E-state index in [-0.39, 0.29) is 24.7 Å². The highest BCUT2D eigenvalue weighted by Crippen LogP contribution is 2.38. The van der Waals surface area contributed by atoms with Crippen LogP contribution in [0.3, 0.4) is 0 Å². The third kappa shape index (κ3) is 2.97. The lowest BCUT2D eigenvalue weighted by atomic mass is 10.0. The Morgan fingerprint density at radius 2 is 2.21 bits per heavy atom. The van der Waals surface area contributed by atoms with Crippen molar-refractivity contribution in [2.24, 2.45) is 5.92 Å². The van der Waals surface area contributed by atoms with E-state index in [4.69, 9.17) is 14.0 Å². The third-order valence-electron chi connectivity index (χ3n) is 4.75. The highest BCUT2D eigenvalue weighted by molar-refractivity contribution is 5.48. The summed E-state index contributed by atoms with van der Waals surface area (Å²) in [7, 11) is 0. The molecule has 3 atom stereocenters. The highest BCUT2D eigenvalue weighted by atomic mass is 16.7. The average molecular weight is 331 g/mol. The van der Waals surface area contributed by atoms with Gasteiger partial charge in [0.2, 0.25) is 12.7 Å². The molecule has 1 aliphatic heterocycles. The van der Waals surface area contributed by atoms with Crippen LogP contribution in [0, 0.1) is 12.8 Å². The van der Waals surface area contributed by atoms with Gasteiger partial charge in [-0.2, -0.15) is 4.98 Å². The first-order valence-electron chi connectivity index (χ1n) is 8.27. The van der Waals surface area contributed by atoms with E-state index in [2.05, 4.69) is 15.5 Å². The summed E-state index contributed by atoms with van der Waals surface area (Å²) in [6.45, 7) is 3.50. The van der Waals surface area contributed by atoms with E-state index >= 15 is 0 Å². The number of aliphatic hydroxyl groups excluding tert-OH is 1. The molecule has 0 spiro atoms. The topological polar surface area (TPSA) is 89.6 Å². The largest absolute Gasteiger partial charge is 0.454 e. The number of benzene rings is 1. The van der Waals surface area contributed by atoms with Crippen LogP contribution in [-0.2, 0) is 6.54 Å². The Balaban J connectivity index is 1.33. The number of nitrogens with one attached hydrogen (secondary N) is 1. The third-order valence-corrected chi connectivity index (χ3v) is 4.75. The molecule has 1 fully saturated rings. The van der Waals surface area contributed by atoms with Gasteiger partial charge in [-0.25, -0.2) is 0 Å². The summed E-state index contributed by atoms with van der Waals surface area (Å²) in [6, 6.07) is 5.89. The highest BCUT2D eigenvalue weighted by Gasteiger charge is 2.36. The van der Waals surface area contributed by atoms with Gasteiger partial charge in [-0.3, -0.25) is 0 Å². The molecule has 4 rings (SSSR count). The van der Waals surface area contributed by atoms with Crippen molar-refractivity contribution in [3.63, 3.8) is 0 Å². The second-order valence-corrected chi connectivity index (χ2v) is 6.46. The Kier molecular flexibility index (Phi) is 4.12. The molecule has 0 radical (unpaired) electrons. The predicted molar refractivity (Wildman–Crippen MR) is 84.8 cm³/mol. The molecule has 0 unspecified atom stereocenters. The van der Waals surface area contributed by atoms with Gasteiger partial charge in [0.15, 0.2) is 17.3 Å². The van der Waals surface area contributed by atoms with Crippen molar-refractivity contribution in [2.75, 3.05) is 13.3 Å². The van der Waals surface area contributed by atoms with Crippen LogP contribution in [0.5, 0.6) is 11.5 Å². The lowest BCUT2D eigenvalue weighted by Gasteiger charge is -2.15. The first-order chi connectivity index (χ1) is 11.7. The Bertz CT molecular complexity index is 718. The van der Waals surface area contributed by atoms with E-state index in [1.54, 1.807) is 0 Å². The van der Waals surface area contributed by atoms with Crippen molar-refractivity contribution in [2.45, 2.75) is 38.3 Å². The monoisotopic (exact) mass is 331 g/mol. The van der Waals surface area contributed by atoms with Crippen molar-refractivity contribution in [3.8, 4) is 11.5 Å². The van der Waals surface area contributed by atoms with Gasteiger partial charge in [0.1, 0.15) is 0 Å². The summed E-state index contributed by atoms with van der Waals surface area (Å²) in [5, 5.41) is 17.6. The lowest BCUT2D eigenvalue weighted by Crippen LogP contribution is -2.27. The summed E-state index contributed by atoms with van der Waals surface area (Å²) < 4.78 is 16.1. The number of fused-ring (bicyclic) bond motifs is 1. The van der Waals surface area contributed by atoms with E-state index in [0.29, 0.717) is 24.7 Å². The zero-order valence-corrected chi connectivity index (χ0v) is 13.6. The Hall–Kier alpha value is -2.12. The molecule has 0 saturated heterocycles. The maximum absolute atomic E-state index is 10.3. The number of rotatable bonds is 5. The van der Waals surface area contributed by atoms with E-state index in [1.807, 2.05) is 25.1 Å². The summed E-state index contributed by atoms with van der Waals surface area (Å²) in [5.74, 6) is 3.21. The molecule has 2 heterocycles. The molecule has 7 nitrogen and oxygen atoms in total. The molecule has 1 aromatic heterocycles. The Morgan fingerprint density at radius 1 is 1.29 bits per heavy atom. The summed E-state index contributed by atoms with van der Waals surface area (Å²) in [5.41, 5.74) is 1.07. The van der Waals surface area contributed by atoms with Gasteiger partial charge < -0.3 is 24.4 Å². The molecule has 1 aromatic carbocycles. The molecule has 1 saturated carbocycles. The van der Waals surface area contributed by atoms with Crippen LogP contribution in [0.25, 0.3) is 0 Å². The van der Waals surface area contributed by atoms with Gasteiger partial charge in [-0.1, -0.05) is 17.3 Å². The molecule has 24 heavy (non-hydrogen) atoms.